The number of halogens is 2. The first-order valence-corrected chi connectivity index (χ1v) is 25.5. The van der Waals surface area contributed by atoms with E-state index in [1.807, 2.05) is 30.3 Å². The maximum Gasteiger partial charge on any atom is 0.347 e. The summed E-state index contributed by atoms with van der Waals surface area (Å²) in [6.45, 7) is 15.3. The first kappa shape index (κ1) is 47.8. The van der Waals surface area contributed by atoms with Crippen molar-refractivity contribution in [3.8, 4) is 61.8 Å². The zero-order valence-corrected chi connectivity index (χ0v) is 40.7. The van der Waals surface area contributed by atoms with E-state index in [0.717, 1.165) is 10.4 Å². The Labute approximate surface area is 393 Å². The van der Waals surface area contributed by atoms with Crippen LogP contribution in [0.1, 0.15) is 44.5 Å². The molecule has 12 nitrogen and oxygen atoms in total. The number of ether oxygens (including phenoxy) is 5. The summed E-state index contributed by atoms with van der Waals surface area (Å²) in [5.41, 5.74) is 4.51. The minimum Gasteiger partial charge on any atom is -0.506 e. The number of rotatable bonds is 18. The molecule has 7 rings (SSSR count). The van der Waals surface area contributed by atoms with E-state index in [4.69, 9.17) is 44.7 Å². The van der Waals surface area contributed by atoms with Crippen LogP contribution < -0.4 is 18.9 Å². The molecule has 0 saturated heterocycles. The first-order chi connectivity index (χ1) is 31.6. The number of aromatic nitrogens is 4. The van der Waals surface area contributed by atoms with Gasteiger partial charge in [-0.3, -0.25) is 0 Å². The molecule has 3 aromatic heterocycles. The van der Waals surface area contributed by atoms with E-state index >= 15 is 0 Å². The van der Waals surface area contributed by atoms with E-state index in [2.05, 4.69) is 48.8 Å². The molecule has 0 aliphatic carbocycles. The van der Waals surface area contributed by atoms with Crippen LogP contribution in [0, 0.1) is 12.7 Å². The quantitative estimate of drug-likeness (QED) is 0.0496. The molecule has 16 heteroatoms. The minimum atomic E-state index is -2.02. The largest absolute Gasteiger partial charge is 0.506 e. The van der Waals surface area contributed by atoms with Crippen molar-refractivity contribution in [3.05, 3.63) is 125 Å². The molecule has 0 bridgehead atoms. The summed E-state index contributed by atoms with van der Waals surface area (Å²) >= 11 is 7.97. The number of para-hydroxylation sites is 1. The molecule has 0 aliphatic heterocycles. The molecule has 7 aromatic rings. The summed E-state index contributed by atoms with van der Waals surface area (Å²) < 4.78 is 51.2. The second-order valence-corrected chi connectivity index (χ2v) is 23.1. The average molecular weight is 952 g/mol. The number of phenolic OH excluding ortho intramolecular Hbond substituents is 1. The molecule has 1 N–H and O–H groups in total. The lowest BCUT2D eigenvalue weighted by atomic mass is 9.96. The Balaban J connectivity index is 1.27. The molecule has 0 fully saturated rings. The summed E-state index contributed by atoms with van der Waals surface area (Å²) in [6.07, 6.45) is 1.76. The zero-order valence-electron chi connectivity index (χ0n) is 38.1. The monoisotopic (exact) mass is 950 g/mol. The molecule has 0 saturated carbocycles. The molecule has 0 aliphatic rings. The van der Waals surface area contributed by atoms with E-state index in [-0.39, 0.29) is 41.3 Å². The van der Waals surface area contributed by atoms with Crippen molar-refractivity contribution in [3.63, 3.8) is 0 Å². The van der Waals surface area contributed by atoms with Crippen LogP contribution in [0.5, 0.6) is 28.9 Å². The Morgan fingerprint density at radius 3 is 2.44 bits per heavy atom. The van der Waals surface area contributed by atoms with Crippen LogP contribution in [0.3, 0.4) is 0 Å². The molecular weight excluding hydrogens is 899 g/mol. The number of thiophene rings is 1. The fraction of sp³-hybridized carbons (Fsp3) is 0.300. The number of benzene rings is 4. The molecule has 3 heterocycles. The van der Waals surface area contributed by atoms with Crippen molar-refractivity contribution in [1.29, 1.82) is 0 Å². The van der Waals surface area contributed by atoms with Gasteiger partial charge >= 0.3 is 5.97 Å². The number of carbonyl (C=O) groups is 1. The molecule has 1 atom stereocenters. The predicted molar refractivity (Wildman–Crippen MR) is 258 cm³/mol. The number of methoxy groups -OCH3 is 1. The Bertz CT molecular complexity index is 2840. The average Bonchev–Trinajstić information content (AvgIpc) is 3.69. The molecule has 344 valence electrons. The molecule has 1 unspecified atom stereocenters. The van der Waals surface area contributed by atoms with Gasteiger partial charge in [-0.1, -0.05) is 62.7 Å². The number of fused-ring (bicyclic) bond motifs is 1. The third-order valence-electron chi connectivity index (χ3n) is 11.5. The maximum absolute atomic E-state index is 14.2. The number of esters is 1. The van der Waals surface area contributed by atoms with Gasteiger partial charge in [-0.15, -0.1) is 11.3 Å². The van der Waals surface area contributed by atoms with Crippen LogP contribution >= 0.6 is 22.9 Å². The van der Waals surface area contributed by atoms with Gasteiger partial charge in [0, 0.05) is 28.6 Å². The topological polar surface area (TPSA) is 144 Å². The van der Waals surface area contributed by atoms with Crippen LogP contribution in [0.2, 0.25) is 23.2 Å². The number of hydrogen-bond acceptors (Lipinski definition) is 13. The summed E-state index contributed by atoms with van der Waals surface area (Å²) in [6, 6.07) is 24.0. The van der Waals surface area contributed by atoms with Gasteiger partial charge in [0.25, 0.3) is 0 Å². The molecule has 4 aromatic carbocycles. The number of hydrogen-bond donors (Lipinski definition) is 1. The first-order valence-electron chi connectivity index (χ1n) is 21.4. The van der Waals surface area contributed by atoms with Crippen molar-refractivity contribution >= 4 is 47.4 Å². The Kier molecular flexibility index (Phi) is 14.9. The van der Waals surface area contributed by atoms with Crippen molar-refractivity contribution in [1.82, 2.24) is 19.9 Å². The molecule has 0 radical (unpaired) electrons. The third-order valence-corrected chi connectivity index (χ3v) is 17.7. The molecule has 0 spiro atoms. The second kappa shape index (κ2) is 20.6. The van der Waals surface area contributed by atoms with E-state index in [0.29, 0.717) is 80.0 Å². The van der Waals surface area contributed by atoms with Gasteiger partial charge in [0.05, 0.1) is 42.0 Å². The Morgan fingerprint density at radius 2 is 1.70 bits per heavy atom. The number of aromatic hydroxyl groups is 1. The van der Waals surface area contributed by atoms with E-state index in [1.54, 1.807) is 63.6 Å². The number of phenols is 1. The summed E-state index contributed by atoms with van der Waals surface area (Å²) in [4.78, 5) is 33.8. The fourth-order valence-corrected chi connectivity index (χ4v) is 9.29. The van der Waals surface area contributed by atoms with Crippen molar-refractivity contribution < 1.29 is 42.4 Å². The molecule has 0 amide bonds. The van der Waals surface area contributed by atoms with E-state index < -0.39 is 26.2 Å². The second-order valence-electron chi connectivity index (χ2n) is 16.9. The van der Waals surface area contributed by atoms with Gasteiger partial charge in [0.2, 0.25) is 12.0 Å². The van der Waals surface area contributed by atoms with E-state index in [1.165, 1.54) is 35.9 Å². The Morgan fingerprint density at radius 1 is 0.924 bits per heavy atom. The molecular formula is C50H52ClFN4O8SSi. The highest BCUT2D eigenvalue weighted by Gasteiger charge is 2.37. The highest BCUT2D eigenvalue weighted by molar-refractivity contribution is 7.22. The van der Waals surface area contributed by atoms with Crippen LogP contribution in [0.25, 0.3) is 43.2 Å². The fourth-order valence-electron chi connectivity index (χ4n) is 6.95. The maximum atomic E-state index is 14.2. The SMILES string of the molecule is CCOC(=O)C(Cc1cc(OCCO[Si](C)(C)C(C)(C)C)ccc1OCc1ccnc(-c2ccccc2OC)n1)Oc1ncnc2sc(-c3ccc(F)cc3)c(-c3ccc(O)c(Cl)c3C)c12. The lowest BCUT2D eigenvalue weighted by Gasteiger charge is -2.36. The minimum absolute atomic E-state index is 0.0259. The lowest BCUT2D eigenvalue weighted by molar-refractivity contribution is -0.151. The molecule has 66 heavy (non-hydrogen) atoms. The van der Waals surface area contributed by atoms with Gasteiger partial charge in [-0.2, -0.15) is 0 Å². The summed E-state index contributed by atoms with van der Waals surface area (Å²) in [5, 5.41) is 11.2. The van der Waals surface area contributed by atoms with Crippen LogP contribution in [-0.2, 0) is 27.0 Å². The van der Waals surface area contributed by atoms with Gasteiger partial charge in [0.15, 0.2) is 14.1 Å². The van der Waals surface area contributed by atoms with Crippen molar-refractivity contribution in [2.24, 2.45) is 0 Å². The van der Waals surface area contributed by atoms with Gasteiger partial charge in [-0.25, -0.2) is 29.1 Å². The highest BCUT2D eigenvalue weighted by Crippen LogP contribution is 2.49. The third kappa shape index (κ3) is 10.8. The Hall–Kier alpha value is -6.13. The predicted octanol–water partition coefficient (Wildman–Crippen LogP) is 11.8. The smallest absolute Gasteiger partial charge is 0.347 e. The number of carbonyl (C=O) groups excluding carboxylic acids is 1. The zero-order chi connectivity index (χ0) is 47.2. The summed E-state index contributed by atoms with van der Waals surface area (Å²) in [5.74, 6) is 1.09. The van der Waals surface area contributed by atoms with Crippen LogP contribution in [0.15, 0.2) is 97.5 Å². The van der Waals surface area contributed by atoms with E-state index in [9.17, 15) is 14.3 Å². The van der Waals surface area contributed by atoms with Crippen molar-refractivity contribution in [2.45, 2.75) is 71.9 Å². The normalized spacial score (nSPS) is 12.2. The number of nitrogens with zero attached hydrogens (tertiary/aromatic N) is 4. The standard InChI is InChI=1S/C50H52ClFN4O8SSi/c1-9-60-49(58)41(64-47-43-42(36-19-20-38(57)44(51)30(36)2)45(65-48(43)55-29-54-47)31-14-16-33(52)17-15-31)27-32-26-35(61-24-25-63-66(7,8)50(3,4)5)18-21-39(32)62-28-34-22-23-53-46(56-34)37-12-10-11-13-40(37)59-6/h10-23,26,29,41,57H,9,24-25,27-28H2,1-8H3. The summed E-state index contributed by atoms with van der Waals surface area (Å²) in [7, 11) is -0.422. The van der Waals surface area contributed by atoms with Gasteiger partial charge < -0.3 is 33.2 Å². The van der Waals surface area contributed by atoms with Gasteiger partial charge in [0.1, 0.15) is 53.2 Å². The van der Waals surface area contributed by atoms with Crippen LogP contribution in [-0.4, -0.2) is 72.4 Å². The lowest BCUT2D eigenvalue weighted by Crippen LogP contribution is -2.41. The van der Waals surface area contributed by atoms with Gasteiger partial charge in [-0.05, 0) is 103 Å². The highest BCUT2D eigenvalue weighted by atomic mass is 35.5. The van der Waals surface area contributed by atoms with Crippen LogP contribution in [0.4, 0.5) is 4.39 Å². The van der Waals surface area contributed by atoms with Crippen molar-refractivity contribution in [2.75, 3.05) is 26.9 Å².